The van der Waals surface area contributed by atoms with E-state index in [4.69, 9.17) is 4.74 Å². The maximum Gasteiger partial charge on any atom is 0.193 e. The molecule has 5 heteroatoms. The first-order valence-electron chi connectivity index (χ1n) is 5.11. The summed E-state index contributed by atoms with van der Waals surface area (Å²) in [5.74, 6) is -0.0997. The van der Waals surface area contributed by atoms with Gasteiger partial charge in [-0.2, -0.15) is 0 Å². The molecule has 0 aliphatic carbocycles. The predicted molar refractivity (Wildman–Crippen MR) is 63.8 cm³/mol. The molecular formula is C12H9FN2OS. The van der Waals surface area contributed by atoms with Crippen LogP contribution in [0.3, 0.4) is 0 Å². The number of hydrogen-bond donors (Lipinski definition) is 0. The molecule has 0 unspecified atom stereocenters. The zero-order valence-corrected chi connectivity index (χ0v) is 9.65. The van der Waals surface area contributed by atoms with Gasteiger partial charge in [0.15, 0.2) is 16.5 Å². The van der Waals surface area contributed by atoms with Crippen molar-refractivity contribution in [1.82, 2.24) is 9.38 Å². The zero-order chi connectivity index (χ0) is 11.7. The second-order valence-corrected chi connectivity index (χ2v) is 4.42. The average molecular weight is 248 g/mol. The van der Waals surface area contributed by atoms with E-state index < -0.39 is 0 Å². The number of hydrogen-bond acceptors (Lipinski definition) is 3. The first-order valence-corrected chi connectivity index (χ1v) is 5.99. The molecule has 0 spiro atoms. The first kappa shape index (κ1) is 10.3. The maximum absolute atomic E-state index is 13.3. The number of ether oxygens (including phenoxy) is 1. The van der Waals surface area contributed by atoms with Gasteiger partial charge in [0, 0.05) is 17.8 Å². The van der Waals surface area contributed by atoms with Crippen molar-refractivity contribution in [3.8, 4) is 5.75 Å². The fraction of sp³-hybridized carbons (Fsp3) is 0.0833. The number of halogens is 1. The lowest BCUT2D eigenvalue weighted by Crippen LogP contribution is -1.97. The van der Waals surface area contributed by atoms with Gasteiger partial charge in [-0.05, 0) is 12.1 Å². The van der Waals surface area contributed by atoms with Gasteiger partial charge in [-0.25, -0.2) is 9.37 Å². The highest BCUT2D eigenvalue weighted by atomic mass is 32.1. The van der Waals surface area contributed by atoms with Crippen molar-refractivity contribution in [1.29, 1.82) is 0 Å². The zero-order valence-electron chi connectivity index (χ0n) is 8.84. The van der Waals surface area contributed by atoms with Gasteiger partial charge in [-0.3, -0.25) is 4.40 Å². The van der Waals surface area contributed by atoms with Crippen molar-refractivity contribution < 1.29 is 9.13 Å². The minimum absolute atomic E-state index is 0.254. The summed E-state index contributed by atoms with van der Waals surface area (Å²) in [6.45, 7) is 0.273. The number of para-hydroxylation sites is 1. The Labute approximate surface area is 101 Å². The Morgan fingerprint density at radius 2 is 2.24 bits per heavy atom. The standard InChI is InChI=1S/C12H9FN2OS/c13-10-3-1-2-4-11(10)16-8-9-7-15-5-6-17-12(15)14-9/h1-7H,8H2. The molecule has 0 N–H and O–H groups in total. The molecule has 0 aliphatic heterocycles. The van der Waals surface area contributed by atoms with Crippen molar-refractivity contribution in [2.24, 2.45) is 0 Å². The van der Waals surface area contributed by atoms with E-state index in [0.29, 0.717) is 0 Å². The highest BCUT2D eigenvalue weighted by Gasteiger charge is 2.05. The fourth-order valence-electron chi connectivity index (χ4n) is 1.56. The molecule has 1 aromatic carbocycles. The Hall–Kier alpha value is -1.88. The van der Waals surface area contributed by atoms with E-state index >= 15 is 0 Å². The van der Waals surface area contributed by atoms with E-state index in [-0.39, 0.29) is 18.2 Å². The summed E-state index contributed by atoms with van der Waals surface area (Å²) in [5.41, 5.74) is 0.792. The van der Waals surface area contributed by atoms with Crippen LogP contribution in [0.4, 0.5) is 4.39 Å². The van der Waals surface area contributed by atoms with Crippen molar-refractivity contribution in [2.75, 3.05) is 0 Å². The minimum atomic E-state index is -0.353. The lowest BCUT2D eigenvalue weighted by Gasteiger charge is -2.04. The molecule has 0 atom stereocenters. The van der Waals surface area contributed by atoms with Crippen LogP contribution in [0.15, 0.2) is 42.0 Å². The first-order chi connectivity index (χ1) is 8.33. The van der Waals surface area contributed by atoms with Gasteiger partial charge in [-0.1, -0.05) is 12.1 Å². The smallest absolute Gasteiger partial charge is 0.193 e. The molecule has 3 rings (SSSR count). The van der Waals surface area contributed by atoms with Crippen LogP contribution in [-0.4, -0.2) is 9.38 Å². The SMILES string of the molecule is Fc1ccccc1OCc1cn2ccsc2n1. The van der Waals surface area contributed by atoms with Crippen LogP contribution in [0.1, 0.15) is 5.69 Å². The van der Waals surface area contributed by atoms with Gasteiger partial charge in [0.25, 0.3) is 0 Å². The number of nitrogens with zero attached hydrogens (tertiary/aromatic N) is 2. The third-order valence-corrected chi connectivity index (χ3v) is 3.13. The highest BCUT2D eigenvalue weighted by Crippen LogP contribution is 2.18. The molecule has 0 bridgehead atoms. The van der Waals surface area contributed by atoms with E-state index in [0.717, 1.165) is 10.7 Å². The Kier molecular flexibility index (Phi) is 2.53. The Bertz CT molecular complexity index is 618. The predicted octanol–water partition coefficient (Wildman–Crippen LogP) is 3.11. The molecule has 0 fully saturated rings. The molecule has 0 saturated heterocycles. The molecule has 3 nitrogen and oxygen atoms in total. The minimum Gasteiger partial charge on any atom is -0.484 e. The number of aromatic nitrogens is 2. The van der Waals surface area contributed by atoms with Crippen LogP contribution in [-0.2, 0) is 6.61 Å². The largest absolute Gasteiger partial charge is 0.484 e. The molecule has 0 saturated carbocycles. The summed E-state index contributed by atoms with van der Waals surface area (Å²) < 4.78 is 20.6. The Morgan fingerprint density at radius 3 is 3.06 bits per heavy atom. The Morgan fingerprint density at radius 1 is 1.35 bits per heavy atom. The lowest BCUT2D eigenvalue weighted by molar-refractivity contribution is 0.286. The van der Waals surface area contributed by atoms with Crippen LogP contribution in [0.2, 0.25) is 0 Å². The molecule has 2 aromatic heterocycles. The molecule has 2 heterocycles. The van der Waals surface area contributed by atoms with E-state index in [2.05, 4.69) is 4.98 Å². The van der Waals surface area contributed by atoms with Gasteiger partial charge in [0.1, 0.15) is 6.61 Å². The third-order valence-electron chi connectivity index (χ3n) is 2.36. The Balaban J connectivity index is 1.76. The summed E-state index contributed by atoms with van der Waals surface area (Å²) in [7, 11) is 0. The van der Waals surface area contributed by atoms with Gasteiger partial charge in [0.05, 0.1) is 5.69 Å². The van der Waals surface area contributed by atoms with Crippen molar-refractivity contribution >= 4 is 16.3 Å². The van der Waals surface area contributed by atoms with Gasteiger partial charge < -0.3 is 4.74 Å². The highest BCUT2D eigenvalue weighted by molar-refractivity contribution is 7.15. The van der Waals surface area contributed by atoms with Crippen LogP contribution in [0, 0.1) is 5.82 Å². The molecular weight excluding hydrogens is 239 g/mol. The lowest BCUT2D eigenvalue weighted by atomic mass is 10.3. The van der Waals surface area contributed by atoms with Crippen LogP contribution < -0.4 is 4.74 Å². The topological polar surface area (TPSA) is 26.5 Å². The summed E-state index contributed by atoms with van der Waals surface area (Å²) in [4.78, 5) is 5.27. The number of thiazole rings is 1. The van der Waals surface area contributed by atoms with Crippen molar-refractivity contribution in [3.63, 3.8) is 0 Å². The average Bonchev–Trinajstić information content (AvgIpc) is 2.88. The quantitative estimate of drug-likeness (QED) is 0.712. The monoisotopic (exact) mass is 248 g/mol. The van der Waals surface area contributed by atoms with Crippen molar-refractivity contribution in [2.45, 2.75) is 6.61 Å². The number of rotatable bonds is 3. The van der Waals surface area contributed by atoms with Gasteiger partial charge >= 0.3 is 0 Å². The van der Waals surface area contributed by atoms with Crippen LogP contribution in [0.5, 0.6) is 5.75 Å². The van der Waals surface area contributed by atoms with Crippen LogP contribution >= 0.6 is 11.3 Å². The van der Waals surface area contributed by atoms with E-state index in [1.165, 1.54) is 6.07 Å². The summed E-state index contributed by atoms with van der Waals surface area (Å²) in [5, 5.41) is 1.96. The fourth-order valence-corrected chi connectivity index (χ4v) is 2.28. The summed E-state index contributed by atoms with van der Waals surface area (Å²) in [6, 6.07) is 6.35. The molecule has 0 radical (unpaired) electrons. The van der Waals surface area contributed by atoms with E-state index in [1.54, 1.807) is 29.5 Å². The molecule has 86 valence electrons. The molecule has 3 aromatic rings. The van der Waals surface area contributed by atoms with E-state index in [1.807, 2.05) is 22.2 Å². The normalized spacial score (nSPS) is 10.9. The van der Waals surface area contributed by atoms with Gasteiger partial charge in [0.2, 0.25) is 0 Å². The number of benzene rings is 1. The van der Waals surface area contributed by atoms with Gasteiger partial charge in [-0.15, -0.1) is 11.3 Å². The summed E-state index contributed by atoms with van der Waals surface area (Å²) in [6.07, 6.45) is 3.81. The second kappa shape index (κ2) is 4.18. The molecule has 0 amide bonds. The number of fused-ring (bicyclic) bond motifs is 1. The maximum atomic E-state index is 13.3. The third kappa shape index (κ3) is 2.01. The number of imidazole rings is 1. The second-order valence-electron chi connectivity index (χ2n) is 3.54. The molecule has 17 heavy (non-hydrogen) atoms. The summed E-state index contributed by atoms with van der Waals surface area (Å²) >= 11 is 1.56. The molecule has 0 aliphatic rings. The van der Waals surface area contributed by atoms with Crippen LogP contribution in [0.25, 0.3) is 4.96 Å². The van der Waals surface area contributed by atoms with Crippen molar-refractivity contribution in [3.05, 3.63) is 53.6 Å². The van der Waals surface area contributed by atoms with E-state index in [9.17, 15) is 4.39 Å².